The molecule has 0 aliphatic heterocycles. The molecule has 0 aliphatic carbocycles. The molecule has 0 saturated carbocycles. The molecular weight excluding hydrogens is 527 g/mol. The van der Waals surface area contributed by atoms with E-state index in [9.17, 15) is 35.5 Å². The molecule has 0 saturated heterocycles. The number of rotatable bonds is 7. The minimum absolute atomic E-state index is 0.0218. The molecule has 0 spiro atoms. The molecule has 0 aromatic heterocycles. The van der Waals surface area contributed by atoms with Crippen LogP contribution in [-0.4, -0.2) is 13.0 Å². The Bertz CT molecular complexity index is 1490. The third kappa shape index (κ3) is 6.05. The highest BCUT2D eigenvalue weighted by atomic mass is 19.4. The lowest BCUT2D eigenvalue weighted by molar-refractivity contribution is -0.137. The van der Waals surface area contributed by atoms with E-state index in [0.717, 1.165) is 30.3 Å². The Labute approximate surface area is 218 Å². The predicted octanol–water partition coefficient (Wildman–Crippen LogP) is 7.19. The zero-order valence-electron chi connectivity index (χ0n) is 20.3. The predicted molar refractivity (Wildman–Crippen MR) is 129 cm³/mol. The number of carbonyl (C=O) groups is 1. The molecule has 10 heteroatoms. The van der Waals surface area contributed by atoms with Crippen molar-refractivity contribution in [3.05, 3.63) is 136 Å². The van der Waals surface area contributed by atoms with Crippen molar-refractivity contribution in [1.82, 2.24) is 5.32 Å². The van der Waals surface area contributed by atoms with Gasteiger partial charge < -0.3 is 10.1 Å². The van der Waals surface area contributed by atoms with Gasteiger partial charge in [-0.25, -0.2) is 17.6 Å². The molecule has 0 aliphatic rings. The Morgan fingerprint density at radius 2 is 1.36 bits per heavy atom. The van der Waals surface area contributed by atoms with Crippen molar-refractivity contribution in [2.24, 2.45) is 0 Å². The fourth-order valence-corrected chi connectivity index (χ4v) is 4.34. The summed E-state index contributed by atoms with van der Waals surface area (Å²) in [6.07, 6.45) is -5.21. The van der Waals surface area contributed by atoms with E-state index in [1.54, 1.807) is 30.3 Å². The molecule has 0 heterocycles. The van der Waals surface area contributed by atoms with Gasteiger partial charge in [0.2, 0.25) is 0 Å². The average molecular weight is 547 g/mol. The number of ether oxygens (including phenoxy) is 1. The first kappa shape index (κ1) is 27.7. The molecule has 4 rings (SSSR count). The van der Waals surface area contributed by atoms with Crippen LogP contribution in [0, 0.1) is 23.3 Å². The SMILES string of the molecule is COc1cc(C(Cc2ccccc2)(NC(=O)c2cc(F)cc(F)c2)c2cc(F)cc(C(F)(F)F)c2)ccc1F. The highest BCUT2D eigenvalue weighted by Crippen LogP contribution is 2.40. The van der Waals surface area contributed by atoms with E-state index in [4.69, 9.17) is 4.74 Å². The Morgan fingerprint density at radius 1 is 0.744 bits per heavy atom. The zero-order valence-corrected chi connectivity index (χ0v) is 20.3. The van der Waals surface area contributed by atoms with Crippen molar-refractivity contribution in [2.45, 2.75) is 18.1 Å². The summed E-state index contributed by atoms with van der Waals surface area (Å²) in [6.45, 7) is 0. The largest absolute Gasteiger partial charge is 0.494 e. The van der Waals surface area contributed by atoms with Gasteiger partial charge in [-0.05, 0) is 59.2 Å². The Hall–Kier alpha value is -4.34. The Morgan fingerprint density at radius 3 is 1.97 bits per heavy atom. The molecule has 0 radical (unpaired) electrons. The van der Waals surface area contributed by atoms with Gasteiger partial charge in [0.25, 0.3) is 5.91 Å². The molecule has 39 heavy (non-hydrogen) atoms. The van der Waals surface area contributed by atoms with Crippen molar-refractivity contribution < 1.29 is 40.3 Å². The lowest BCUT2D eigenvalue weighted by Gasteiger charge is -2.37. The fourth-order valence-electron chi connectivity index (χ4n) is 4.34. The van der Waals surface area contributed by atoms with Gasteiger partial charge in [0.1, 0.15) is 17.5 Å². The van der Waals surface area contributed by atoms with Crippen LogP contribution in [0.15, 0.2) is 84.9 Å². The van der Waals surface area contributed by atoms with Gasteiger partial charge >= 0.3 is 6.18 Å². The van der Waals surface area contributed by atoms with Crippen LogP contribution in [0.5, 0.6) is 5.75 Å². The first-order chi connectivity index (χ1) is 18.4. The fraction of sp³-hybridized carbons (Fsp3) is 0.138. The van der Waals surface area contributed by atoms with Crippen LogP contribution in [-0.2, 0) is 18.1 Å². The lowest BCUT2D eigenvalue weighted by Crippen LogP contribution is -2.49. The number of amides is 1. The number of hydrogen-bond donors (Lipinski definition) is 1. The first-order valence-electron chi connectivity index (χ1n) is 11.5. The van der Waals surface area contributed by atoms with E-state index >= 15 is 0 Å². The van der Waals surface area contributed by atoms with Gasteiger partial charge in [-0.3, -0.25) is 4.79 Å². The molecule has 4 aromatic rings. The summed E-state index contributed by atoms with van der Waals surface area (Å²) in [5.41, 5.74) is -3.65. The van der Waals surface area contributed by atoms with Crippen LogP contribution in [0.2, 0.25) is 0 Å². The third-order valence-corrected chi connectivity index (χ3v) is 6.13. The monoisotopic (exact) mass is 547 g/mol. The first-order valence-corrected chi connectivity index (χ1v) is 11.5. The number of nitrogens with one attached hydrogen (secondary N) is 1. The average Bonchev–Trinajstić information content (AvgIpc) is 2.87. The van der Waals surface area contributed by atoms with Crippen LogP contribution in [0.4, 0.5) is 30.7 Å². The maximum absolute atomic E-state index is 14.7. The molecule has 1 unspecified atom stereocenters. The molecular formula is C29H20F7NO2. The molecule has 1 atom stereocenters. The quantitative estimate of drug-likeness (QED) is 0.249. The van der Waals surface area contributed by atoms with Crippen molar-refractivity contribution in [2.75, 3.05) is 7.11 Å². The van der Waals surface area contributed by atoms with E-state index in [1.165, 1.54) is 13.2 Å². The molecule has 1 amide bonds. The summed E-state index contributed by atoms with van der Waals surface area (Å²) in [7, 11) is 1.17. The van der Waals surface area contributed by atoms with Crippen molar-refractivity contribution >= 4 is 5.91 Å². The molecule has 0 fully saturated rings. The molecule has 1 N–H and O–H groups in total. The van der Waals surface area contributed by atoms with Gasteiger partial charge in [-0.15, -0.1) is 0 Å². The number of benzene rings is 4. The van der Waals surface area contributed by atoms with Crippen LogP contribution < -0.4 is 10.1 Å². The van der Waals surface area contributed by atoms with Crippen LogP contribution in [0.25, 0.3) is 0 Å². The smallest absolute Gasteiger partial charge is 0.416 e. The second-order valence-electron chi connectivity index (χ2n) is 8.76. The van der Waals surface area contributed by atoms with Gasteiger partial charge in [-0.1, -0.05) is 36.4 Å². The second-order valence-corrected chi connectivity index (χ2v) is 8.76. The van der Waals surface area contributed by atoms with E-state index < -0.39 is 52.0 Å². The van der Waals surface area contributed by atoms with Crippen LogP contribution in [0.1, 0.15) is 32.6 Å². The summed E-state index contributed by atoms with van der Waals surface area (Å²) >= 11 is 0. The zero-order chi connectivity index (χ0) is 28.4. The van der Waals surface area contributed by atoms with Crippen LogP contribution >= 0.6 is 0 Å². The van der Waals surface area contributed by atoms with Gasteiger partial charge in [0.05, 0.1) is 18.2 Å². The summed E-state index contributed by atoms with van der Waals surface area (Å²) in [6, 6.07) is 15.3. The van der Waals surface area contributed by atoms with Gasteiger partial charge in [-0.2, -0.15) is 13.2 Å². The normalized spacial score (nSPS) is 13.0. The topological polar surface area (TPSA) is 38.3 Å². The van der Waals surface area contributed by atoms with E-state index in [-0.39, 0.29) is 23.3 Å². The minimum Gasteiger partial charge on any atom is -0.494 e. The number of methoxy groups -OCH3 is 1. The summed E-state index contributed by atoms with van der Waals surface area (Å²) in [5, 5.41) is 2.57. The van der Waals surface area contributed by atoms with E-state index in [2.05, 4.69) is 5.32 Å². The second kappa shape index (κ2) is 10.8. The number of alkyl halides is 3. The highest BCUT2D eigenvalue weighted by Gasteiger charge is 2.40. The minimum atomic E-state index is -4.95. The third-order valence-electron chi connectivity index (χ3n) is 6.13. The molecule has 0 bridgehead atoms. The van der Waals surface area contributed by atoms with Crippen molar-refractivity contribution in [3.8, 4) is 5.75 Å². The molecule has 202 valence electrons. The molecule has 4 aromatic carbocycles. The van der Waals surface area contributed by atoms with E-state index in [0.29, 0.717) is 23.8 Å². The highest BCUT2D eigenvalue weighted by molar-refractivity contribution is 5.95. The van der Waals surface area contributed by atoms with Gasteiger partial charge in [0.15, 0.2) is 11.6 Å². The maximum Gasteiger partial charge on any atom is 0.416 e. The Kier molecular flexibility index (Phi) is 7.67. The lowest BCUT2D eigenvalue weighted by atomic mass is 9.77. The van der Waals surface area contributed by atoms with Crippen molar-refractivity contribution in [3.63, 3.8) is 0 Å². The summed E-state index contributed by atoms with van der Waals surface area (Å²) in [5.74, 6) is -5.57. The maximum atomic E-state index is 14.7. The number of hydrogen-bond acceptors (Lipinski definition) is 2. The molecule has 3 nitrogen and oxygen atoms in total. The van der Waals surface area contributed by atoms with Crippen LogP contribution in [0.3, 0.4) is 0 Å². The standard InChI is InChI=1S/C29H20F7NO2/c1-39-26-14-19(7-8-25(26)33)28(16-17-5-3-2-4-6-17,20-11-21(29(34,35)36)13-24(32)12-20)37-27(38)18-9-22(30)15-23(31)10-18/h2-15H,16H2,1H3,(H,37,38). The van der Waals surface area contributed by atoms with E-state index in [1.807, 2.05) is 0 Å². The summed E-state index contributed by atoms with van der Waals surface area (Å²) in [4.78, 5) is 13.4. The summed E-state index contributed by atoms with van der Waals surface area (Å²) < 4.78 is 103. The number of carbonyl (C=O) groups excluding carboxylic acids is 1. The number of halogens is 7. The van der Waals surface area contributed by atoms with Gasteiger partial charge in [0, 0.05) is 18.1 Å². The Balaban J connectivity index is 2.03. The van der Waals surface area contributed by atoms with Crippen molar-refractivity contribution in [1.29, 1.82) is 0 Å².